The molecule has 0 radical (unpaired) electrons. The predicted octanol–water partition coefficient (Wildman–Crippen LogP) is 1.06. The topological polar surface area (TPSA) is 29.3 Å². The third-order valence-electron chi connectivity index (χ3n) is 3.29. The van der Waals surface area contributed by atoms with Crippen molar-refractivity contribution >= 4 is 0 Å². The molecule has 2 fully saturated rings. The van der Waals surface area contributed by atoms with Crippen molar-refractivity contribution in [2.24, 2.45) is 11.7 Å². The Morgan fingerprint density at radius 3 is 2.77 bits per heavy atom. The third-order valence-corrected chi connectivity index (χ3v) is 3.29. The number of likely N-dealkylation sites (tertiary alicyclic amines) is 1. The van der Waals surface area contributed by atoms with E-state index in [4.69, 9.17) is 5.73 Å². The van der Waals surface area contributed by atoms with Crippen LogP contribution in [-0.2, 0) is 0 Å². The number of alkyl halides is 2. The van der Waals surface area contributed by atoms with Crippen LogP contribution >= 0.6 is 0 Å². The quantitative estimate of drug-likeness (QED) is 0.721. The first kappa shape index (κ1) is 9.34. The highest BCUT2D eigenvalue weighted by Gasteiger charge is 2.45. The molecule has 1 heterocycles. The fourth-order valence-electron chi connectivity index (χ4n) is 2.55. The molecule has 2 unspecified atom stereocenters. The smallest absolute Gasteiger partial charge is 0.272 e. The average Bonchev–Trinajstić information content (AvgIpc) is 2.43. The van der Waals surface area contributed by atoms with Gasteiger partial charge in [-0.3, -0.25) is 4.90 Å². The van der Waals surface area contributed by atoms with Crippen LogP contribution in [-0.4, -0.2) is 36.5 Å². The Morgan fingerprint density at radius 1 is 1.38 bits per heavy atom. The van der Waals surface area contributed by atoms with Gasteiger partial charge >= 0.3 is 0 Å². The zero-order valence-corrected chi connectivity index (χ0v) is 7.68. The molecule has 0 bridgehead atoms. The fourth-order valence-corrected chi connectivity index (χ4v) is 2.55. The van der Waals surface area contributed by atoms with Crippen LogP contribution < -0.4 is 5.73 Å². The van der Waals surface area contributed by atoms with Gasteiger partial charge in [-0.25, -0.2) is 8.78 Å². The van der Waals surface area contributed by atoms with Gasteiger partial charge in [-0.2, -0.15) is 0 Å². The lowest BCUT2D eigenvalue weighted by molar-refractivity contribution is -0.0744. The lowest BCUT2D eigenvalue weighted by Gasteiger charge is -2.45. The zero-order chi connectivity index (χ0) is 9.47. The fraction of sp³-hybridized carbons (Fsp3) is 1.00. The van der Waals surface area contributed by atoms with E-state index >= 15 is 0 Å². The van der Waals surface area contributed by atoms with Crippen LogP contribution in [0.15, 0.2) is 0 Å². The summed E-state index contributed by atoms with van der Waals surface area (Å²) in [4.78, 5) is 1.89. The maximum atomic E-state index is 12.9. The van der Waals surface area contributed by atoms with E-state index in [1.165, 1.54) is 12.8 Å². The van der Waals surface area contributed by atoms with Gasteiger partial charge in [0.25, 0.3) is 5.92 Å². The Labute approximate surface area is 77.1 Å². The van der Waals surface area contributed by atoms with Crippen LogP contribution in [0.4, 0.5) is 8.78 Å². The molecule has 1 saturated carbocycles. The van der Waals surface area contributed by atoms with Gasteiger partial charge < -0.3 is 5.73 Å². The van der Waals surface area contributed by atoms with Crippen LogP contribution in [0, 0.1) is 5.92 Å². The Bertz CT molecular complexity index is 196. The van der Waals surface area contributed by atoms with Crippen molar-refractivity contribution in [2.45, 2.75) is 31.2 Å². The lowest BCUT2D eigenvalue weighted by Crippen LogP contribution is -2.57. The van der Waals surface area contributed by atoms with E-state index < -0.39 is 12.5 Å². The molecular weight excluding hydrogens is 174 g/mol. The molecule has 1 saturated heterocycles. The molecule has 0 aromatic carbocycles. The summed E-state index contributed by atoms with van der Waals surface area (Å²) in [5.41, 5.74) is 4.99. The highest BCUT2D eigenvalue weighted by Crippen LogP contribution is 2.39. The molecule has 0 aromatic rings. The summed E-state index contributed by atoms with van der Waals surface area (Å²) < 4.78 is 25.8. The second kappa shape index (κ2) is 3.17. The molecule has 0 aromatic heterocycles. The van der Waals surface area contributed by atoms with Crippen molar-refractivity contribution < 1.29 is 8.78 Å². The molecule has 2 rings (SSSR count). The number of rotatable bonds is 3. The number of nitrogens with two attached hydrogens (primary N) is 1. The molecule has 2 nitrogen and oxygen atoms in total. The monoisotopic (exact) mass is 190 g/mol. The highest BCUT2D eigenvalue weighted by molar-refractivity contribution is 4.97. The van der Waals surface area contributed by atoms with Crippen molar-refractivity contribution in [1.29, 1.82) is 0 Å². The standard InChI is InChI=1S/C9H16F2N2/c10-9(11,5-12)6-13-4-7-2-1-3-8(7)13/h7-8H,1-6,12H2. The minimum Gasteiger partial charge on any atom is -0.325 e. The van der Waals surface area contributed by atoms with E-state index in [9.17, 15) is 8.78 Å². The van der Waals surface area contributed by atoms with E-state index in [0.29, 0.717) is 12.0 Å². The molecule has 1 aliphatic carbocycles. The number of hydrogen-bond acceptors (Lipinski definition) is 2. The van der Waals surface area contributed by atoms with Crippen LogP contribution in [0.3, 0.4) is 0 Å². The normalized spacial score (nSPS) is 34.4. The molecule has 4 heteroatoms. The minimum absolute atomic E-state index is 0.134. The van der Waals surface area contributed by atoms with Gasteiger partial charge in [-0.05, 0) is 18.8 Å². The molecular formula is C9H16F2N2. The van der Waals surface area contributed by atoms with Crippen LogP contribution in [0.1, 0.15) is 19.3 Å². The van der Waals surface area contributed by atoms with E-state index in [2.05, 4.69) is 0 Å². The number of hydrogen-bond donors (Lipinski definition) is 1. The molecule has 2 aliphatic rings. The second-order valence-corrected chi connectivity index (χ2v) is 4.25. The van der Waals surface area contributed by atoms with Crippen LogP contribution in [0.2, 0.25) is 0 Å². The Morgan fingerprint density at radius 2 is 2.15 bits per heavy atom. The van der Waals surface area contributed by atoms with Gasteiger partial charge in [-0.1, -0.05) is 6.42 Å². The largest absolute Gasteiger partial charge is 0.325 e. The molecule has 2 atom stereocenters. The first-order chi connectivity index (χ1) is 6.12. The van der Waals surface area contributed by atoms with Gasteiger partial charge in [0.1, 0.15) is 0 Å². The van der Waals surface area contributed by atoms with Crippen LogP contribution in [0.5, 0.6) is 0 Å². The van der Waals surface area contributed by atoms with Crippen LogP contribution in [0.25, 0.3) is 0 Å². The van der Waals surface area contributed by atoms with E-state index in [0.717, 1.165) is 13.0 Å². The van der Waals surface area contributed by atoms with E-state index in [1.54, 1.807) is 0 Å². The Balaban J connectivity index is 1.84. The molecule has 76 valence electrons. The Kier molecular flexibility index (Phi) is 2.28. The second-order valence-electron chi connectivity index (χ2n) is 4.25. The average molecular weight is 190 g/mol. The molecule has 1 aliphatic heterocycles. The van der Waals surface area contributed by atoms with Crippen molar-refractivity contribution in [3.63, 3.8) is 0 Å². The number of halogens is 2. The first-order valence-electron chi connectivity index (χ1n) is 4.94. The van der Waals surface area contributed by atoms with Gasteiger partial charge in [0.15, 0.2) is 0 Å². The summed E-state index contributed by atoms with van der Waals surface area (Å²) >= 11 is 0. The minimum atomic E-state index is -2.69. The maximum Gasteiger partial charge on any atom is 0.272 e. The number of fused-ring (bicyclic) bond motifs is 1. The summed E-state index contributed by atoms with van der Waals surface area (Å²) in [5.74, 6) is -1.98. The van der Waals surface area contributed by atoms with E-state index in [-0.39, 0.29) is 6.54 Å². The van der Waals surface area contributed by atoms with Gasteiger partial charge in [0.05, 0.1) is 13.1 Å². The van der Waals surface area contributed by atoms with Gasteiger partial charge in [0.2, 0.25) is 0 Å². The summed E-state index contributed by atoms with van der Waals surface area (Å²) in [6, 6.07) is 0.442. The highest BCUT2D eigenvalue weighted by atomic mass is 19.3. The van der Waals surface area contributed by atoms with Gasteiger partial charge in [-0.15, -0.1) is 0 Å². The SMILES string of the molecule is NCC(F)(F)CN1CC2CCCC21. The van der Waals surface area contributed by atoms with Crippen molar-refractivity contribution in [3.05, 3.63) is 0 Å². The maximum absolute atomic E-state index is 12.9. The summed E-state index contributed by atoms with van der Waals surface area (Å²) in [7, 11) is 0. The molecule has 2 N–H and O–H groups in total. The summed E-state index contributed by atoms with van der Waals surface area (Å²) in [6.07, 6.45) is 3.54. The Hall–Kier alpha value is -0.220. The van der Waals surface area contributed by atoms with Crippen molar-refractivity contribution in [1.82, 2.24) is 4.90 Å². The van der Waals surface area contributed by atoms with E-state index in [1.807, 2.05) is 4.90 Å². The zero-order valence-electron chi connectivity index (χ0n) is 7.68. The molecule has 13 heavy (non-hydrogen) atoms. The van der Waals surface area contributed by atoms with Crippen molar-refractivity contribution in [2.75, 3.05) is 19.6 Å². The predicted molar refractivity (Wildman–Crippen MR) is 46.7 cm³/mol. The molecule has 0 amide bonds. The first-order valence-corrected chi connectivity index (χ1v) is 4.94. The summed E-state index contributed by atoms with van der Waals surface area (Å²) in [5, 5.41) is 0. The van der Waals surface area contributed by atoms with Crippen molar-refractivity contribution in [3.8, 4) is 0 Å². The number of nitrogens with zero attached hydrogens (tertiary/aromatic N) is 1. The molecule has 0 spiro atoms. The lowest BCUT2D eigenvalue weighted by atomic mass is 9.91. The summed E-state index contributed by atoms with van der Waals surface area (Å²) in [6.45, 7) is 0.200. The van der Waals surface area contributed by atoms with Gasteiger partial charge in [0, 0.05) is 12.6 Å². The third kappa shape index (κ3) is 1.70.